The van der Waals surface area contributed by atoms with Crippen LogP contribution in [0.25, 0.3) is 0 Å². The Hall–Kier alpha value is -0.850. The van der Waals surface area contributed by atoms with Gasteiger partial charge in [-0.25, -0.2) is 0 Å². The molecular weight excluding hydrogens is 352 g/mol. The van der Waals surface area contributed by atoms with Crippen molar-refractivity contribution in [2.24, 2.45) is 10.4 Å². The minimum atomic E-state index is 0.268. The molecule has 0 aromatic heterocycles. The number of hydrogen-bond donors (Lipinski definition) is 2. The molecule has 2 N–H and O–H groups in total. The molecule has 28 heavy (non-hydrogen) atoms. The molecule has 1 heterocycles. The van der Waals surface area contributed by atoms with Gasteiger partial charge in [0, 0.05) is 51.5 Å². The maximum absolute atomic E-state index is 5.61. The molecule has 6 nitrogen and oxygen atoms in total. The smallest absolute Gasteiger partial charge is 0.191 e. The van der Waals surface area contributed by atoms with Gasteiger partial charge in [0.2, 0.25) is 0 Å². The van der Waals surface area contributed by atoms with Crippen LogP contribution in [0.4, 0.5) is 0 Å². The summed E-state index contributed by atoms with van der Waals surface area (Å²) in [6, 6.07) is 0. The van der Waals surface area contributed by atoms with Crippen molar-refractivity contribution in [3.63, 3.8) is 0 Å². The Morgan fingerprint density at radius 2 is 1.79 bits per heavy atom. The van der Waals surface area contributed by atoms with Crippen molar-refractivity contribution in [2.45, 2.75) is 70.8 Å². The third-order valence-corrected chi connectivity index (χ3v) is 6.91. The molecule has 6 heteroatoms. The number of ether oxygens (including phenoxy) is 2. The molecule has 0 radical (unpaired) electrons. The van der Waals surface area contributed by atoms with Gasteiger partial charge in [0.1, 0.15) is 0 Å². The van der Waals surface area contributed by atoms with Crippen LogP contribution in [0.1, 0.15) is 65.2 Å². The highest BCUT2D eigenvalue weighted by Crippen LogP contribution is 2.49. The molecule has 2 aliphatic carbocycles. The SMILES string of the molecule is CCNC(=NCC1(CCOCC)CC1)NCC1(N2CCOCC2)CCCCC1. The zero-order valence-electron chi connectivity index (χ0n) is 18.2. The highest BCUT2D eigenvalue weighted by Gasteiger charge is 2.42. The summed E-state index contributed by atoms with van der Waals surface area (Å²) in [5.74, 6) is 0.989. The number of aliphatic imine (C=N–C) groups is 1. The molecule has 0 bridgehead atoms. The van der Waals surface area contributed by atoms with Crippen LogP contribution in [-0.2, 0) is 9.47 Å². The van der Waals surface area contributed by atoms with E-state index in [1.54, 1.807) is 0 Å². The maximum atomic E-state index is 5.61. The van der Waals surface area contributed by atoms with Gasteiger partial charge in [-0.2, -0.15) is 0 Å². The molecule has 0 aromatic rings. The summed E-state index contributed by atoms with van der Waals surface area (Å²) < 4.78 is 11.2. The molecule has 162 valence electrons. The van der Waals surface area contributed by atoms with Crippen LogP contribution in [0, 0.1) is 5.41 Å². The van der Waals surface area contributed by atoms with Gasteiger partial charge in [-0.05, 0) is 51.4 Å². The lowest BCUT2D eigenvalue weighted by atomic mass is 9.80. The van der Waals surface area contributed by atoms with Crippen molar-refractivity contribution in [1.82, 2.24) is 15.5 Å². The Balaban J connectivity index is 1.57. The lowest BCUT2D eigenvalue weighted by Gasteiger charge is -2.48. The minimum absolute atomic E-state index is 0.268. The Morgan fingerprint density at radius 3 is 2.43 bits per heavy atom. The van der Waals surface area contributed by atoms with Gasteiger partial charge < -0.3 is 20.1 Å². The van der Waals surface area contributed by atoms with Gasteiger partial charge in [0.15, 0.2) is 5.96 Å². The predicted molar refractivity (Wildman–Crippen MR) is 115 cm³/mol. The topological polar surface area (TPSA) is 58.1 Å². The van der Waals surface area contributed by atoms with E-state index in [4.69, 9.17) is 14.5 Å². The van der Waals surface area contributed by atoms with E-state index in [0.717, 1.165) is 71.5 Å². The fourth-order valence-corrected chi connectivity index (χ4v) is 4.79. The van der Waals surface area contributed by atoms with Crippen molar-refractivity contribution in [3.8, 4) is 0 Å². The molecule has 0 atom stereocenters. The predicted octanol–water partition coefficient (Wildman–Crippen LogP) is 2.78. The third kappa shape index (κ3) is 6.07. The number of hydrogen-bond acceptors (Lipinski definition) is 4. The number of morpholine rings is 1. The highest BCUT2D eigenvalue weighted by molar-refractivity contribution is 5.79. The second kappa shape index (κ2) is 10.8. The highest BCUT2D eigenvalue weighted by atomic mass is 16.5. The Bertz CT molecular complexity index is 481. The molecule has 2 saturated carbocycles. The second-order valence-electron chi connectivity index (χ2n) is 8.88. The van der Waals surface area contributed by atoms with Gasteiger partial charge in [-0.15, -0.1) is 0 Å². The van der Waals surface area contributed by atoms with Crippen molar-refractivity contribution < 1.29 is 9.47 Å². The standard InChI is InChI=1S/C22H42N4O2/c1-3-23-20(24-18-21(10-11-21)12-15-27-4-2)25-19-22(8-6-5-7-9-22)26-13-16-28-17-14-26/h3-19H2,1-2H3,(H2,23,24,25). The quantitative estimate of drug-likeness (QED) is 0.339. The summed E-state index contributed by atoms with van der Waals surface area (Å²) in [6.07, 6.45) is 10.4. The zero-order chi connectivity index (χ0) is 19.7. The van der Waals surface area contributed by atoms with E-state index in [2.05, 4.69) is 29.4 Å². The average Bonchev–Trinajstić information content (AvgIpc) is 3.52. The number of rotatable bonds is 10. The summed E-state index contributed by atoms with van der Waals surface area (Å²) in [6.45, 7) is 12.6. The Labute approximate surface area is 171 Å². The second-order valence-corrected chi connectivity index (χ2v) is 8.88. The van der Waals surface area contributed by atoms with Crippen molar-refractivity contribution >= 4 is 5.96 Å². The van der Waals surface area contributed by atoms with Crippen LogP contribution in [0.5, 0.6) is 0 Å². The molecule has 3 rings (SSSR count). The van der Waals surface area contributed by atoms with Crippen LogP contribution in [0.2, 0.25) is 0 Å². The molecule has 0 unspecified atom stereocenters. The van der Waals surface area contributed by atoms with Crippen LogP contribution >= 0.6 is 0 Å². The van der Waals surface area contributed by atoms with Gasteiger partial charge >= 0.3 is 0 Å². The van der Waals surface area contributed by atoms with Gasteiger partial charge in [-0.1, -0.05) is 19.3 Å². The zero-order valence-corrected chi connectivity index (χ0v) is 18.2. The van der Waals surface area contributed by atoms with Gasteiger partial charge in [0.25, 0.3) is 0 Å². The van der Waals surface area contributed by atoms with E-state index in [-0.39, 0.29) is 5.54 Å². The molecule has 3 fully saturated rings. The first-order chi connectivity index (χ1) is 13.7. The fraction of sp³-hybridized carbons (Fsp3) is 0.955. The summed E-state index contributed by atoms with van der Waals surface area (Å²) in [4.78, 5) is 7.67. The van der Waals surface area contributed by atoms with Crippen molar-refractivity contribution in [3.05, 3.63) is 0 Å². The van der Waals surface area contributed by atoms with Crippen molar-refractivity contribution in [2.75, 3.05) is 59.2 Å². The van der Waals surface area contributed by atoms with E-state index in [0.29, 0.717) is 5.41 Å². The third-order valence-electron chi connectivity index (χ3n) is 6.91. The molecular formula is C22H42N4O2. The first-order valence-electron chi connectivity index (χ1n) is 11.6. The maximum Gasteiger partial charge on any atom is 0.191 e. The molecule has 1 saturated heterocycles. The van der Waals surface area contributed by atoms with E-state index < -0.39 is 0 Å². The fourth-order valence-electron chi connectivity index (χ4n) is 4.79. The molecule has 0 amide bonds. The van der Waals surface area contributed by atoms with E-state index in [9.17, 15) is 0 Å². The summed E-state index contributed by atoms with van der Waals surface area (Å²) in [7, 11) is 0. The number of guanidine groups is 1. The van der Waals surface area contributed by atoms with E-state index in [1.165, 1.54) is 44.9 Å². The van der Waals surface area contributed by atoms with E-state index in [1.807, 2.05) is 0 Å². The lowest BCUT2D eigenvalue weighted by molar-refractivity contribution is -0.0352. The first kappa shape index (κ1) is 21.8. The van der Waals surface area contributed by atoms with Crippen LogP contribution in [-0.4, -0.2) is 75.5 Å². The van der Waals surface area contributed by atoms with Crippen LogP contribution < -0.4 is 10.6 Å². The van der Waals surface area contributed by atoms with Crippen LogP contribution in [0.3, 0.4) is 0 Å². The minimum Gasteiger partial charge on any atom is -0.382 e. The summed E-state index contributed by atoms with van der Waals surface area (Å²) >= 11 is 0. The van der Waals surface area contributed by atoms with E-state index >= 15 is 0 Å². The molecule has 1 aliphatic heterocycles. The average molecular weight is 395 g/mol. The van der Waals surface area contributed by atoms with Crippen molar-refractivity contribution in [1.29, 1.82) is 0 Å². The first-order valence-corrected chi connectivity index (χ1v) is 11.6. The monoisotopic (exact) mass is 394 g/mol. The van der Waals surface area contributed by atoms with Crippen LogP contribution in [0.15, 0.2) is 4.99 Å². The Kier molecular flexibility index (Phi) is 8.42. The normalized spacial score (nSPS) is 24.7. The molecule has 0 spiro atoms. The number of nitrogens with one attached hydrogen (secondary N) is 2. The molecule has 0 aromatic carbocycles. The lowest BCUT2D eigenvalue weighted by Crippen LogP contribution is -2.60. The Morgan fingerprint density at radius 1 is 1.04 bits per heavy atom. The summed E-state index contributed by atoms with van der Waals surface area (Å²) in [5, 5.41) is 7.20. The van der Waals surface area contributed by atoms with Gasteiger partial charge in [-0.3, -0.25) is 9.89 Å². The molecule has 3 aliphatic rings. The van der Waals surface area contributed by atoms with Gasteiger partial charge in [0.05, 0.1) is 13.2 Å². The largest absolute Gasteiger partial charge is 0.382 e. The number of nitrogens with zero attached hydrogens (tertiary/aromatic N) is 2. The summed E-state index contributed by atoms with van der Waals surface area (Å²) in [5.41, 5.74) is 0.661.